The van der Waals surface area contributed by atoms with E-state index in [4.69, 9.17) is 4.74 Å². The summed E-state index contributed by atoms with van der Waals surface area (Å²) in [5, 5.41) is 3.07. The normalized spacial score (nSPS) is 12.1. The SMILES string of the molecule is CCOC(=O)c1c(C)[nH]c(C(=O)NC(CCSC)c2nc3ccccc3[nH]2)c1C. The molecule has 1 atom stereocenters. The smallest absolute Gasteiger partial charge is 0.340 e. The van der Waals surface area contributed by atoms with Gasteiger partial charge in [0.25, 0.3) is 5.91 Å². The lowest BCUT2D eigenvalue weighted by molar-refractivity contribution is 0.0525. The number of nitrogens with zero attached hydrogens (tertiary/aromatic N) is 1. The van der Waals surface area contributed by atoms with Crippen LogP contribution in [0.3, 0.4) is 0 Å². The first-order chi connectivity index (χ1) is 14.0. The molecule has 0 bridgehead atoms. The molecule has 0 aliphatic heterocycles. The summed E-state index contributed by atoms with van der Waals surface area (Å²) in [6.07, 6.45) is 2.76. The number of rotatable bonds is 8. The Kier molecular flexibility index (Phi) is 6.64. The largest absolute Gasteiger partial charge is 0.462 e. The minimum absolute atomic E-state index is 0.267. The summed E-state index contributed by atoms with van der Waals surface area (Å²) in [4.78, 5) is 36.2. The van der Waals surface area contributed by atoms with Gasteiger partial charge in [0.1, 0.15) is 11.5 Å². The molecule has 7 nitrogen and oxygen atoms in total. The summed E-state index contributed by atoms with van der Waals surface area (Å²) in [5.41, 5.74) is 3.80. The van der Waals surface area contributed by atoms with Gasteiger partial charge in [-0.25, -0.2) is 9.78 Å². The van der Waals surface area contributed by atoms with E-state index in [9.17, 15) is 9.59 Å². The van der Waals surface area contributed by atoms with E-state index >= 15 is 0 Å². The number of imidazole rings is 1. The molecule has 0 aliphatic carbocycles. The van der Waals surface area contributed by atoms with Gasteiger partial charge in [0.2, 0.25) is 0 Å². The predicted octanol–water partition coefficient (Wildman–Crippen LogP) is 3.91. The Labute approximate surface area is 174 Å². The number of ether oxygens (including phenoxy) is 1. The number of fused-ring (bicyclic) bond motifs is 1. The van der Waals surface area contributed by atoms with Crippen LogP contribution in [0, 0.1) is 13.8 Å². The van der Waals surface area contributed by atoms with Crippen molar-refractivity contribution >= 4 is 34.7 Å². The summed E-state index contributed by atoms with van der Waals surface area (Å²) in [6.45, 7) is 5.56. The third-order valence-electron chi connectivity index (χ3n) is 4.80. The molecule has 0 spiro atoms. The highest BCUT2D eigenvalue weighted by Gasteiger charge is 2.25. The van der Waals surface area contributed by atoms with Gasteiger partial charge in [0.15, 0.2) is 0 Å². The monoisotopic (exact) mass is 414 g/mol. The molecule has 0 saturated heterocycles. The van der Waals surface area contributed by atoms with E-state index in [1.54, 1.807) is 32.5 Å². The van der Waals surface area contributed by atoms with Crippen molar-refractivity contribution in [2.45, 2.75) is 33.2 Å². The van der Waals surface area contributed by atoms with Crippen molar-refractivity contribution < 1.29 is 14.3 Å². The molecule has 3 aromatic rings. The Balaban J connectivity index is 1.87. The summed E-state index contributed by atoms with van der Waals surface area (Å²) >= 11 is 1.71. The van der Waals surface area contributed by atoms with Crippen molar-refractivity contribution in [2.24, 2.45) is 0 Å². The van der Waals surface area contributed by atoms with Gasteiger partial charge in [-0.1, -0.05) is 12.1 Å². The van der Waals surface area contributed by atoms with Gasteiger partial charge in [-0.3, -0.25) is 4.79 Å². The van der Waals surface area contributed by atoms with E-state index in [0.717, 1.165) is 29.0 Å². The molecule has 0 fully saturated rings. The Hall–Kier alpha value is -2.74. The van der Waals surface area contributed by atoms with Crippen molar-refractivity contribution in [2.75, 3.05) is 18.6 Å². The van der Waals surface area contributed by atoms with Crippen LogP contribution >= 0.6 is 11.8 Å². The maximum Gasteiger partial charge on any atom is 0.340 e. The second-order valence-electron chi connectivity index (χ2n) is 6.79. The molecule has 2 heterocycles. The lowest BCUT2D eigenvalue weighted by Gasteiger charge is -2.16. The molecular weight excluding hydrogens is 388 g/mol. The summed E-state index contributed by atoms with van der Waals surface area (Å²) < 4.78 is 5.11. The van der Waals surface area contributed by atoms with Gasteiger partial charge in [0, 0.05) is 5.69 Å². The van der Waals surface area contributed by atoms with Gasteiger partial charge in [-0.05, 0) is 56.9 Å². The zero-order chi connectivity index (χ0) is 21.0. The zero-order valence-corrected chi connectivity index (χ0v) is 17.9. The number of benzene rings is 1. The quantitative estimate of drug-likeness (QED) is 0.485. The molecule has 0 radical (unpaired) electrons. The van der Waals surface area contributed by atoms with E-state index in [0.29, 0.717) is 22.5 Å². The van der Waals surface area contributed by atoms with Gasteiger partial charge >= 0.3 is 5.97 Å². The summed E-state index contributed by atoms with van der Waals surface area (Å²) in [6, 6.07) is 7.51. The number of carbonyl (C=O) groups excluding carboxylic acids is 2. The van der Waals surface area contributed by atoms with E-state index in [2.05, 4.69) is 20.3 Å². The highest BCUT2D eigenvalue weighted by molar-refractivity contribution is 7.98. The molecule has 1 aromatic carbocycles. The first-order valence-electron chi connectivity index (χ1n) is 9.57. The third-order valence-corrected chi connectivity index (χ3v) is 5.44. The molecule has 0 aliphatic rings. The third kappa shape index (κ3) is 4.48. The first-order valence-corrected chi connectivity index (χ1v) is 11.0. The molecule has 1 amide bonds. The van der Waals surface area contributed by atoms with E-state index in [1.807, 2.05) is 30.5 Å². The summed E-state index contributed by atoms with van der Waals surface area (Å²) in [5.74, 6) is 0.903. The van der Waals surface area contributed by atoms with Gasteiger partial charge in [0.05, 0.1) is 29.2 Å². The fourth-order valence-corrected chi connectivity index (χ4v) is 3.84. The van der Waals surface area contributed by atoms with Gasteiger partial charge < -0.3 is 20.0 Å². The molecule has 3 rings (SSSR count). The fourth-order valence-electron chi connectivity index (χ4n) is 3.37. The minimum atomic E-state index is -0.422. The fraction of sp³-hybridized carbons (Fsp3) is 0.381. The Morgan fingerprint density at radius 1 is 1.24 bits per heavy atom. The molecule has 3 N–H and O–H groups in total. The standard InChI is InChI=1S/C21H26N4O3S/c1-5-28-21(27)17-12(2)18(22-13(17)3)20(26)25-16(10-11-29-4)19-23-14-8-6-7-9-15(14)24-19/h6-9,16,22H,5,10-11H2,1-4H3,(H,23,24)(H,25,26). The predicted molar refractivity (Wildman–Crippen MR) is 116 cm³/mol. The number of H-pyrrole nitrogens is 2. The molecule has 29 heavy (non-hydrogen) atoms. The van der Waals surface area contributed by atoms with Crippen LogP contribution in [0.4, 0.5) is 0 Å². The maximum absolute atomic E-state index is 13.0. The lowest BCUT2D eigenvalue weighted by Crippen LogP contribution is -2.30. The Morgan fingerprint density at radius 3 is 2.69 bits per heavy atom. The first kappa shape index (κ1) is 21.0. The van der Waals surface area contributed by atoms with E-state index in [1.165, 1.54) is 0 Å². The van der Waals surface area contributed by atoms with Crippen LogP contribution in [-0.2, 0) is 4.74 Å². The number of aromatic amines is 2. The average molecular weight is 415 g/mol. The number of aromatic nitrogens is 3. The van der Waals surface area contributed by atoms with Crippen molar-refractivity contribution in [3.05, 3.63) is 52.6 Å². The summed E-state index contributed by atoms with van der Waals surface area (Å²) in [7, 11) is 0. The molecule has 8 heteroatoms. The second-order valence-corrected chi connectivity index (χ2v) is 7.78. The van der Waals surface area contributed by atoms with Crippen LogP contribution in [0.25, 0.3) is 11.0 Å². The Bertz CT molecular complexity index is 991. The lowest BCUT2D eigenvalue weighted by atomic mass is 10.1. The number of carbonyl (C=O) groups is 2. The number of thioether (sulfide) groups is 1. The number of nitrogens with one attached hydrogen (secondary N) is 3. The minimum Gasteiger partial charge on any atom is -0.462 e. The number of hydrogen-bond acceptors (Lipinski definition) is 5. The number of amides is 1. The van der Waals surface area contributed by atoms with Crippen molar-refractivity contribution in [3.8, 4) is 0 Å². The van der Waals surface area contributed by atoms with Crippen molar-refractivity contribution in [3.63, 3.8) is 0 Å². The molecule has 1 unspecified atom stereocenters. The number of esters is 1. The van der Waals surface area contributed by atoms with Crippen molar-refractivity contribution in [1.29, 1.82) is 0 Å². The van der Waals surface area contributed by atoms with E-state index < -0.39 is 5.97 Å². The van der Waals surface area contributed by atoms with Crippen LogP contribution in [0.1, 0.15) is 57.3 Å². The van der Waals surface area contributed by atoms with Crippen LogP contribution in [0.5, 0.6) is 0 Å². The van der Waals surface area contributed by atoms with Gasteiger partial charge in [-0.2, -0.15) is 11.8 Å². The average Bonchev–Trinajstić information content (AvgIpc) is 3.25. The highest BCUT2D eigenvalue weighted by atomic mass is 32.2. The topological polar surface area (TPSA) is 99.9 Å². The second kappa shape index (κ2) is 9.17. The molecule has 0 saturated carbocycles. The maximum atomic E-state index is 13.0. The molecular formula is C21H26N4O3S. The highest BCUT2D eigenvalue weighted by Crippen LogP contribution is 2.23. The van der Waals surface area contributed by atoms with Crippen molar-refractivity contribution in [1.82, 2.24) is 20.3 Å². The molecule has 2 aromatic heterocycles. The van der Waals surface area contributed by atoms with Crippen LogP contribution < -0.4 is 5.32 Å². The number of hydrogen-bond donors (Lipinski definition) is 3. The van der Waals surface area contributed by atoms with Crippen LogP contribution in [-0.4, -0.2) is 45.4 Å². The Morgan fingerprint density at radius 2 is 2.00 bits per heavy atom. The zero-order valence-electron chi connectivity index (χ0n) is 17.1. The number of aryl methyl sites for hydroxylation is 1. The van der Waals surface area contributed by atoms with Crippen LogP contribution in [0.2, 0.25) is 0 Å². The van der Waals surface area contributed by atoms with E-state index in [-0.39, 0.29) is 18.6 Å². The molecule has 154 valence electrons. The van der Waals surface area contributed by atoms with Crippen LogP contribution in [0.15, 0.2) is 24.3 Å². The number of para-hydroxylation sites is 2. The van der Waals surface area contributed by atoms with Gasteiger partial charge in [-0.15, -0.1) is 0 Å².